The number of carbonyl (C=O) groups excluding carboxylic acids is 3. The largest absolute Gasteiger partial charge is 0.381 e. The van der Waals surface area contributed by atoms with Gasteiger partial charge in [-0.2, -0.15) is 0 Å². The summed E-state index contributed by atoms with van der Waals surface area (Å²) in [7, 11) is 0. The maximum Gasteiger partial charge on any atom is 0.315 e. The topological polar surface area (TPSA) is 120 Å². The van der Waals surface area contributed by atoms with Gasteiger partial charge in [0, 0.05) is 12.1 Å². The summed E-state index contributed by atoms with van der Waals surface area (Å²) in [4.78, 5) is 37.7. The monoisotopic (exact) mass is 434 g/mol. The summed E-state index contributed by atoms with van der Waals surface area (Å²) in [6.45, 7) is 11.6. The van der Waals surface area contributed by atoms with Gasteiger partial charge in [0.2, 0.25) is 5.91 Å². The number of hydrogen-bond donors (Lipinski definition) is 5. The van der Waals surface area contributed by atoms with E-state index in [2.05, 4.69) is 21.3 Å². The Bertz CT molecular complexity index is 716. The number of urea groups is 1. The molecular weight excluding hydrogens is 396 g/mol. The van der Waals surface area contributed by atoms with Gasteiger partial charge in [-0.3, -0.25) is 9.59 Å². The molecule has 0 bridgehead atoms. The number of likely N-dealkylation sites (N-methyl/N-ethyl adjacent to an activating group) is 1. The third-order valence-corrected chi connectivity index (χ3v) is 4.44. The maximum absolute atomic E-state index is 13.1. The number of aliphatic hydroxyl groups excluding tert-OH is 1. The number of aliphatic hydroxyl groups is 1. The van der Waals surface area contributed by atoms with E-state index in [1.54, 1.807) is 6.92 Å². The molecule has 1 aromatic carbocycles. The van der Waals surface area contributed by atoms with Crippen molar-refractivity contribution in [1.82, 2.24) is 21.3 Å². The number of benzene rings is 1. The van der Waals surface area contributed by atoms with E-state index in [1.165, 1.54) is 0 Å². The van der Waals surface area contributed by atoms with Gasteiger partial charge in [-0.05, 0) is 52.0 Å². The fourth-order valence-corrected chi connectivity index (χ4v) is 3.09. The molecule has 0 fully saturated rings. The second-order valence-corrected chi connectivity index (χ2v) is 9.17. The van der Waals surface area contributed by atoms with Crippen molar-refractivity contribution in [3.8, 4) is 0 Å². The molecule has 0 radical (unpaired) electrons. The predicted octanol–water partition coefficient (Wildman–Crippen LogP) is 1.72. The van der Waals surface area contributed by atoms with E-state index in [4.69, 9.17) is 0 Å². The van der Waals surface area contributed by atoms with Gasteiger partial charge in [0.15, 0.2) is 6.10 Å². The fraction of sp³-hybridized carbons (Fsp3) is 0.609. The third-order valence-electron chi connectivity index (χ3n) is 4.44. The van der Waals surface area contributed by atoms with Gasteiger partial charge in [-0.15, -0.1) is 0 Å². The molecule has 0 saturated carbocycles. The Kier molecular flexibility index (Phi) is 10.5. The zero-order chi connectivity index (χ0) is 23.6. The van der Waals surface area contributed by atoms with E-state index in [-0.39, 0.29) is 12.3 Å². The van der Waals surface area contributed by atoms with Crippen molar-refractivity contribution >= 4 is 17.8 Å². The molecule has 0 aliphatic rings. The van der Waals surface area contributed by atoms with Crippen molar-refractivity contribution in [2.45, 2.75) is 78.1 Å². The zero-order valence-corrected chi connectivity index (χ0v) is 19.5. The van der Waals surface area contributed by atoms with Gasteiger partial charge in [0.1, 0.15) is 6.04 Å². The Labute approximate surface area is 185 Å². The third kappa shape index (κ3) is 10.3. The van der Waals surface area contributed by atoms with Crippen molar-refractivity contribution in [3.63, 3.8) is 0 Å². The average Bonchev–Trinajstić information content (AvgIpc) is 2.65. The zero-order valence-electron chi connectivity index (χ0n) is 19.5. The molecule has 5 N–H and O–H groups in total. The van der Waals surface area contributed by atoms with E-state index < -0.39 is 41.6 Å². The minimum atomic E-state index is -1.42. The first-order valence-electron chi connectivity index (χ1n) is 10.8. The first-order valence-corrected chi connectivity index (χ1v) is 10.8. The molecule has 174 valence electrons. The lowest BCUT2D eigenvalue weighted by molar-refractivity contribution is -0.132. The van der Waals surface area contributed by atoms with Crippen LogP contribution in [0.3, 0.4) is 0 Å². The van der Waals surface area contributed by atoms with Crippen LogP contribution >= 0.6 is 0 Å². The summed E-state index contributed by atoms with van der Waals surface area (Å²) in [5, 5.41) is 21.5. The normalized spacial score (nSPS) is 14.3. The number of rotatable bonds is 10. The van der Waals surface area contributed by atoms with E-state index in [0.717, 1.165) is 5.56 Å². The van der Waals surface area contributed by atoms with Gasteiger partial charge in [-0.1, -0.05) is 44.2 Å². The lowest BCUT2D eigenvalue weighted by Crippen LogP contribution is -2.58. The maximum atomic E-state index is 13.1. The highest BCUT2D eigenvalue weighted by Gasteiger charge is 2.31. The molecule has 3 atom stereocenters. The van der Waals surface area contributed by atoms with Crippen LogP contribution in [0.5, 0.6) is 0 Å². The molecule has 0 aromatic heterocycles. The molecule has 0 spiro atoms. The van der Waals surface area contributed by atoms with Gasteiger partial charge < -0.3 is 26.4 Å². The van der Waals surface area contributed by atoms with Gasteiger partial charge in [0.25, 0.3) is 5.91 Å². The molecule has 8 heteroatoms. The van der Waals surface area contributed by atoms with Gasteiger partial charge in [0.05, 0.1) is 6.04 Å². The van der Waals surface area contributed by atoms with Crippen LogP contribution in [0.1, 0.15) is 53.5 Å². The number of hydrogen-bond acceptors (Lipinski definition) is 4. The minimum absolute atomic E-state index is 0.145. The van der Waals surface area contributed by atoms with Crippen molar-refractivity contribution in [2.75, 3.05) is 6.54 Å². The lowest BCUT2D eigenvalue weighted by Gasteiger charge is -2.28. The van der Waals surface area contributed by atoms with Crippen LogP contribution < -0.4 is 21.3 Å². The second-order valence-electron chi connectivity index (χ2n) is 9.17. The Morgan fingerprint density at radius 1 is 1.00 bits per heavy atom. The summed E-state index contributed by atoms with van der Waals surface area (Å²) in [6.07, 6.45) is -0.737. The molecule has 0 aliphatic carbocycles. The van der Waals surface area contributed by atoms with Crippen LogP contribution in [-0.4, -0.2) is 53.2 Å². The molecular formula is C23H38N4O4. The molecule has 1 rings (SSSR count). The molecule has 0 heterocycles. The summed E-state index contributed by atoms with van der Waals surface area (Å²) in [5.41, 5.74) is 0.419. The molecule has 4 amide bonds. The van der Waals surface area contributed by atoms with Crippen LogP contribution in [-0.2, 0) is 16.0 Å². The molecule has 3 unspecified atom stereocenters. The van der Waals surface area contributed by atoms with Crippen molar-refractivity contribution in [1.29, 1.82) is 0 Å². The summed E-state index contributed by atoms with van der Waals surface area (Å²) in [5.74, 6) is -0.851. The predicted molar refractivity (Wildman–Crippen MR) is 121 cm³/mol. The molecule has 8 nitrogen and oxygen atoms in total. The molecule has 31 heavy (non-hydrogen) atoms. The van der Waals surface area contributed by atoms with Crippen molar-refractivity contribution < 1.29 is 19.5 Å². The number of nitrogens with one attached hydrogen (secondary N) is 4. The highest BCUT2D eigenvalue weighted by atomic mass is 16.3. The van der Waals surface area contributed by atoms with Crippen LogP contribution in [0.2, 0.25) is 0 Å². The van der Waals surface area contributed by atoms with Crippen LogP contribution in [0.4, 0.5) is 4.79 Å². The summed E-state index contributed by atoms with van der Waals surface area (Å²) < 4.78 is 0. The molecule has 0 saturated heterocycles. The fourth-order valence-electron chi connectivity index (χ4n) is 3.09. The smallest absolute Gasteiger partial charge is 0.315 e. The molecule has 1 aromatic rings. The standard InChI is InChI=1S/C23H38N4O4/c1-7-24-21(30)19(28)17(14-16-11-9-8-10-12-16)25-20(29)18(13-15(2)3)26-22(31)27-23(4,5)6/h8-12,15,17-19,28H,7,13-14H2,1-6H3,(H,24,30)(H,25,29)(H2,26,27,31). The van der Waals surface area contributed by atoms with Gasteiger partial charge >= 0.3 is 6.03 Å². The highest BCUT2D eigenvalue weighted by Crippen LogP contribution is 2.10. The Balaban J connectivity index is 3.01. The van der Waals surface area contributed by atoms with Crippen LogP contribution in [0, 0.1) is 5.92 Å². The number of amides is 4. The van der Waals surface area contributed by atoms with E-state index >= 15 is 0 Å². The van der Waals surface area contributed by atoms with Crippen LogP contribution in [0.25, 0.3) is 0 Å². The van der Waals surface area contributed by atoms with E-state index in [0.29, 0.717) is 13.0 Å². The Morgan fingerprint density at radius 3 is 2.13 bits per heavy atom. The van der Waals surface area contributed by atoms with Crippen molar-refractivity contribution in [2.24, 2.45) is 5.92 Å². The Morgan fingerprint density at radius 2 is 1.61 bits per heavy atom. The summed E-state index contributed by atoms with van der Waals surface area (Å²) in [6, 6.07) is 7.21. The van der Waals surface area contributed by atoms with Gasteiger partial charge in [-0.25, -0.2) is 4.79 Å². The van der Waals surface area contributed by atoms with E-state index in [9.17, 15) is 19.5 Å². The average molecular weight is 435 g/mol. The first-order chi connectivity index (χ1) is 14.4. The quantitative estimate of drug-likeness (QED) is 0.385. The SMILES string of the molecule is CCNC(=O)C(O)C(Cc1ccccc1)NC(=O)C(CC(C)C)NC(=O)NC(C)(C)C. The Hall–Kier alpha value is -2.61. The van der Waals surface area contributed by atoms with E-state index in [1.807, 2.05) is 65.0 Å². The molecule has 0 aliphatic heterocycles. The second kappa shape index (κ2) is 12.3. The van der Waals surface area contributed by atoms with Crippen molar-refractivity contribution in [3.05, 3.63) is 35.9 Å². The van der Waals surface area contributed by atoms with Crippen LogP contribution in [0.15, 0.2) is 30.3 Å². The lowest BCUT2D eigenvalue weighted by atomic mass is 9.98. The first kappa shape index (κ1) is 26.4. The number of carbonyl (C=O) groups is 3. The summed E-state index contributed by atoms with van der Waals surface area (Å²) >= 11 is 0. The minimum Gasteiger partial charge on any atom is -0.381 e. The highest BCUT2D eigenvalue weighted by molar-refractivity contribution is 5.88.